The van der Waals surface area contributed by atoms with Crippen molar-refractivity contribution in [2.45, 2.75) is 0 Å². The Labute approximate surface area is 150 Å². The number of rotatable bonds is 4. The first-order valence-electron chi connectivity index (χ1n) is 7.91. The van der Waals surface area contributed by atoms with Gasteiger partial charge in [-0.05, 0) is 23.8 Å². The summed E-state index contributed by atoms with van der Waals surface area (Å²) in [5.74, 6) is 5.79. The Kier molecular flexibility index (Phi) is 5.34. The minimum absolute atomic E-state index is 0.260. The SMILES string of the molecule is COc1ccccc1N=C(N=NN)c1ccccc1-c1ccccc1F. The summed E-state index contributed by atoms with van der Waals surface area (Å²) in [4.78, 5) is 4.53. The van der Waals surface area contributed by atoms with E-state index in [9.17, 15) is 4.39 Å². The van der Waals surface area contributed by atoms with E-state index in [-0.39, 0.29) is 11.7 Å². The third-order valence-electron chi connectivity index (χ3n) is 3.80. The van der Waals surface area contributed by atoms with E-state index in [4.69, 9.17) is 10.6 Å². The van der Waals surface area contributed by atoms with Gasteiger partial charge in [0, 0.05) is 11.1 Å². The molecule has 0 aliphatic rings. The number of benzene rings is 3. The average molecular weight is 348 g/mol. The standard InChI is InChI=1S/C20H17FN4O/c1-26-19-13-7-6-12-18(19)23-20(24-25-22)16-10-3-2-8-14(16)15-9-4-5-11-17(15)21/h2-13H,1H3,(H2,22,23,24). The van der Waals surface area contributed by atoms with Gasteiger partial charge >= 0.3 is 0 Å². The van der Waals surface area contributed by atoms with Gasteiger partial charge in [0.05, 0.1) is 7.11 Å². The van der Waals surface area contributed by atoms with Crippen LogP contribution in [0.2, 0.25) is 0 Å². The van der Waals surface area contributed by atoms with Crippen LogP contribution in [-0.2, 0) is 0 Å². The van der Waals surface area contributed by atoms with Crippen molar-refractivity contribution in [1.29, 1.82) is 0 Å². The molecule has 3 aromatic carbocycles. The lowest BCUT2D eigenvalue weighted by atomic mass is 9.98. The maximum Gasteiger partial charge on any atom is 0.184 e. The summed E-state index contributed by atoms with van der Waals surface area (Å²) < 4.78 is 19.6. The van der Waals surface area contributed by atoms with Crippen molar-refractivity contribution in [3.05, 3.63) is 84.2 Å². The molecule has 0 bridgehead atoms. The fraction of sp³-hybridized carbons (Fsp3) is 0.0500. The molecule has 130 valence electrons. The van der Waals surface area contributed by atoms with E-state index < -0.39 is 0 Å². The fourth-order valence-corrected chi connectivity index (χ4v) is 2.62. The summed E-state index contributed by atoms with van der Waals surface area (Å²) in [6.07, 6.45) is 0. The Bertz CT molecular complexity index is 969. The number of nitrogens with zero attached hydrogens (tertiary/aromatic N) is 3. The molecule has 6 heteroatoms. The lowest BCUT2D eigenvalue weighted by molar-refractivity contribution is 0.416. The molecule has 0 radical (unpaired) electrons. The van der Waals surface area contributed by atoms with Gasteiger partial charge in [-0.25, -0.2) is 9.38 Å². The van der Waals surface area contributed by atoms with E-state index in [1.807, 2.05) is 24.3 Å². The van der Waals surface area contributed by atoms with Crippen LogP contribution in [-0.4, -0.2) is 12.9 Å². The highest BCUT2D eigenvalue weighted by molar-refractivity contribution is 6.06. The van der Waals surface area contributed by atoms with E-state index in [0.29, 0.717) is 28.1 Å². The highest BCUT2D eigenvalue weighted by Crippen LogP contribution is 2.31. The molecule has 0 spiro atoms. The number of aliphatic imine (C=N–C) groups is 1. The zero-order chi connectivity index (χ0) is 18.4. The minimum atomic E-state index is -0.332. The number of nitrogens with two attached hydrogens (primary N) is 1. The second kappa shape index (κ2) is 8.02. The van der Waals surface area contributed by atoms with Crippen LogP contribution < -0.4 is 10.6 Å². The summed E-state index contributed by atoms with van der Waals surface area (Å²) in [6, 6.07) is 21.0. The topological polar surface area (TPSA) is 72.3 Å². The highest BCUT2D eigenvalue weighted by atomic mass is 19.1. The van der Waals surface area contributed by atoms with Crippen molar-refractivity contribution < 1.29 is 9.13 Å². The van der Waals surface area contributed by atoms with E-state index in [0.717, 1.165) is 0 Å². The maximum atomic E-state index is 14.3. The number of halogens is 1. The molecule has 0 fully saturated rings. The van der Waals surface area contributed by atoms with Gasteiger partial charge in [0.25, 0.3) is 0 Å². The molecule has 0 aliphatic carbocycles. The Morgan fingerprint density at radius 2 is 1.54 bits per heavy atom. The summed E-state index contributed by atoms with van der Waals surface area (Å²) in [7, 11) is 1.56. The Balaban J connectivity index is 2.19. The van der Waals surface area contributed by atoms with E-state index in [1.54, 1.807) is 49.6 Å². The molecule has 2 N–H and O–H groups in total. The molecule has 0 aromatic heterocycles. The minimum Gasteiger partial charge on any atom is -0.494 e. The molecule has 0 amide bonds. The molecule has 3 aromatic rings. The smallest absolute Gasteiger partial charge is 0.184 e. The van der Waals surface area contributed by atoms with Crippen molar-refractivity contribution in [2.24, 2.45) is 21.2 Å². The van der Waals surface area contributed by atoms with Crippen molar-refractivity contribution in [3.63, 3.8) is 0 Å². The molecular formula is C20H17FN4O. The summed E-state index contributed by atoms with van der Waals surface area (Å²) in [5, 5.41) is 7.34. The largest absolute Gasteiger partial charge is 0.494 e. The molecule has 26 heavy (non-hydrogen) atoms. The van der Waals surface area contributed by atoms with Crippen molar-refractivity contribution in [2.75, 3.05) is 7.11 Å². The molecule has 0 saturated carbocycles. The van der Waals surface area contributed by atoms with Crippen LogP contribution in [0.3, 0.4) is 0 Å². The maximum absolute atomic E-state index is 14.3. The second-order valence-electron chi connectivity index (χ2n) is 5.35. The molecule has 0 heterocycles. The fourth-order valence-electron chi connectivity index (χ4n) is 2.62. The Hall–Kier alpha value is -3.54. The molecule has 0 aliphatic heterocycles. The monoisotopic (exact) mass is 348 g/mol. The first kappa shape index (κ1) is 17.3. The second-order valence-corrected chi connectivity index (χ2v) is 5.35. The van der Waals surface area contributed by atoms with Crippen LogP contribution in [0.15, 0.2) is 88.1 Å². The van der Waals surface area contributed by atoms with E-state index in [1.165, 1.54) is 6.07 Å². The first-order valence-corrected chi connectivity index (χ1v) is 7.91. The zero-order valence-corrected chi connectivity index (χ0v) is 14.1. The van der Waals surface area contributed by atoms with Gasteiger partial charge in [-0.1, -0.05) is 59.8 Å². The van der Waals surface area contributed by atoms with Crippen LogP contribution in [0.1, 0.15) is 5.56 Å². The average Bonchev–Trinajstić information content (AvgIpc) is 2.68. The summed E-state index contributed by atoms with van der Waals surface area (Å²) >= 11 is 0. The van der Waals surface area contributed by atoms with Crippen molar-refractivity contribution >= 4 is 11.5 Å². The quantitative estimate of drug-likeness (QED) is 0.239. The van der Waals surface area contributed by atoms with Crippen LogP contribution in [0.25, 0.3) is 11.1 Å². The molecule has 3 rings (SSSR count). The number of hydrogen-bond donors (Lipinski definition) is 1. The lowest BCUT2D eigenvalue weighted by Crippen LogP contribution is -2.01. The van der Waals surface area contributed by atoms with Gasteiger partial charge in [-0.3, -0.25) is 0 Å². The van der Waals surface area contributed by atoms with Crippen LogP contribution >= 0.6 is 0 Å². The molecule has 5 nitrogen and oxygen atoms in total. The summed E-state index contributed by atoms with van der Waals surface area (Å²) in [6.45, 7) is 0. The number of amidine groups is 1. The Morgan fingerprint density at radius 1 is 0.885 bits per heavy atom. The predicted octanol–water partition coefficient (Wildman–Crippen LogP) is 4.91. The number of para-hydroxylation sites is 2. The van der Waals surface area contributed by atoms with Gasteiger partial charge in [-0.2, -0.15) is 0 Å². The third-order valence-corrected chi connectivity index (χ3v) is 3.80. The number of methoxy groups -OCH3 is 1. The summed E-state index contributed by atoms with van der Waals surface area (Å²) in [5.41, 5.74) is 2.27. The molecule has 0 unspecified atom stereocenters. The number of ether oxygens (including phenoxy) is 1. The van der Waals surface area contributed by atoms with E-state index in [2.05, 4.69) is 15.3 Å². The highest BCUT2D eigenvalue weighted by Gasteiger charge is 2.14. The van der Waals surface area contributed by atoms with Crippen LogP contribution in [0.5, 0.6) is 5.75 Å². The first-order chi connectivity index (χ1) is 12.7. The lowest BCUT2D eigenvalue weighted by Gasteiger charge is -2.10. The normalized spacial score (nSPS) is 11.7. The van der Waals surface area contributed by atoms with Gasteiger partial charge in [0.15, 0.2) is 5.84 Å². The Morgan fingerprint density at radius 3 is 2.27 bits per heavy atom. The number of hydrogen-bond acceptors (Lipinski definition) is 3. The molecular weight excluding hydrogens is 331 g/mol. The van der Waals surface area contributed by atoms with Gasteiger partial charge in [0.2, 0.25) is 0 Å². The zero-order valence-electron chi connectivity index (χ0n) is 14.1. The van der Waals surface area contributed by atoms with Crippen LogP contribution in [0, 0.1) is 5.82 Å². The molecule has 0 atom stereocenters. The van der Waals surface area contributed by atoms with E-state index >= 15 is 0 Å². The van der Waals surface area contributed by atoms with Gasteiger partial charge in [0.1, 0.15) is 17.3 Å². The van der Waals surface area contributed by atoms with Gasteiger partial charge in [-0.15, -0.1) is 5.11 Å². The predicted molar refractivity (Wildman–Crippen MR) is 100 cm³/mol. The van der Waals surface area contributed by atoms with Gasteiger partial charge < -0.3 is 10.6 Å². The van der Waals surface area contributed by atoms with Crippen molar-refractivity contribution in [1.82, 2.24) is 0 Å². The third kappa shape index (κ3) is 3.59. The van der Waals surface area contributed by atoms with Crippen molar-refractivity contribution in [3.8, 4) is 16.9 Å². The van der Waals surface area contributed by atoms with Crippen LogP contribution in [0.4, 0.5) is 10.1 Å². The molecule has 0 saturated heterocycles.